The van der Waals surface area contributed by atoms with E-state index < -0.39 is 11.9 Å². The van der Waals surface area contributed by atoms with Gasteiger partial charge in [-0.3, -0.25) is 0 Å². The number of hydrogen-bond acceptors (Lipinski definition) is 4. The number of hydrogen-bond donors (Lipinski definition) is 1. The van der Waals surface area contributed by atoms with Crippen molar-refractivity contribution in [3.63, 3.8) is 0 Å². The lowest BCUT2D eigenvalue weighted by molar-refractivity contribution is -0.142. The lowest BCUT2D eigenvalue weighted by Gasteiger charge is -2.18. The Morgan fingerprint density at radius 3 is 2.74 bits per heavy atom. The highest BCUT2D eigenvalue weighted by Crippen LogP contribution is 2.24. The monoisotopic (exact) mass is 266 g/mol. The first-order chi connectivity index (χ1) is 9.05. The van der Waals surface area contributed by atoms with E-state index >= 15 is 0 Å². The zero-order chi connectivity index (χ0) is 13.7. The topological polar surface area (TPSA) is 47.9 Å². The molecule has 0 spiro atoms. The second kappa shape index (κ2) is 6.48. The van der Waals surface area contributed by atoms with Gasteiger partial charge >= 0.3 is 0 Å². The van der Waals surface area contributed by atoms with Crippen molar-refractivity contribution in [1.82, 2.24) is 0 Å². The fourth-order valence-electron chi connectivity index (χ4n) is 2.14. The van der Waals surface area contributed by atoms with E-state index in [1.165, 1.54) is 0 Å². The molecule has 4 nitrogen and oxygen atoms in total. The Kier molecular flexibility index (Phi) is 4.93. The van der Waals surface area contributed by atoms with E-state index in [1.54, 1.807) is 0 Å². The standard InChI is InChI=1S/C15H22O4/c1-15(2)18-11-14(19-15)8-13(16)10-17-9-12-6-4-3-5-7-12/h3-7,13-14,16H,8-11H2,1-2H3/t13-,14-/m1/s1. The van der Waals surface area contributed by atoms with Crippen LogP contribution in [0.15, 0.2) is 30.3 Å². The summed E-state index contributed by atoms with van der Waals surface area (Å²) in [5.74, 6) is -0.532. The molecule has 2 atom stereocenters. The first-order valence-electron chi connectivity index (χ1n) is 6.67. The smallest absolute Gasteiger partial charge is 0.163 e. The lowest BCUT2D eigenvalue weighted by Crippen LogP contribution is -2.26. The molecule has 1 N–H and O–H groups in total. The molecule has 1 aromatic carbocycles. The summed E-state index contributed by atoms with van der Waals surface area (Å²) in [5.41, 5.74) is 1.11. The molecule has 0 aromatic heterocycles. The predicted octanol–water partition coefficient (Wildman–Crippen LogP) is 2.11. The van der Waals surface area contributed by atoms with Crippen LogP contribution < -0.4 is 0 Å². The minimum absolute atomic E-state index is 0.0506. The number of aliphatic hydroxyl groups is 1. The van der Waals surface area contributed by atoms with Gasteiger partial charge in [-0.2, -0.15) is 0 Å². The molecule has 0 amide bonds. The predicted molar refractivity (Wildman–Crippen MR) is 71.6 cm³/mol. The van der Waals surface area contributed by atoms with Crippen molar-refractivity contribution in [3.8, 4) is 0 Å². The van der Waals surface area contributed by atoms with Gasteiger partial charge in [0.1, 0.15) is 0 Å². The van der Waals surface area contributed by atoms with Crippen molar-refractivity contribution in [2.24, 2.45) is 0 Å². The Bertz CT molecular complexity index is 377. The van der Waals surface area contributed by atoms with E-state index in [9.17, 15) is 5.11 Å². The summed E-state index contributed by atoms with van der Waals surface area (Å²) in [6.45, 7) is 5.12. The zero-order valence-electron chi connectivity index (χ0n) is 11.5. The summed E-state index contributed by atoms with van der Waals surface area (Å²) in [7, 11) is 0. The SMILES string of the molecule is CC1(C)OC[C@@H](C[C@@H](O)COCc2ccccc2)O1. The van der Waals surface area contributed by atoms with Gasteiger partial charge in [-0.25, -0.2) is 0 Å². The minimum Gasteiger partial charge on any atom is -0.391 e. The van der Waals surface area contributed by atoms with Gasteiger partial charge in [-0.1, -0.05) is 30.3 Å². The first-order valence-corrected chi connectivity index (χ1v) is 6.67. The number of ether oxygens (including phenoxy) is 3. The summed E-state index contributed by atoms with van der Waals surface area (Å²) < 4.78 is 16.6. The van der Waals surface area contributed by atoms with Crippen LogP contribution >= 0.6 is 0 Å². The zero-order valence-corrected chi connectivity index (χ0v) is 11.5. The third-order valence-corrected chi connectivity index (χ3v) is 3.02. The molecule has 19 heavy (non-hydrogen) atoms. The second-order valence-electron chi connectivity index (χ2n) is 5.34. The molecular weight excluding hydrogens is 244 g/mol. The molecule has 4 heteroatoms. The average Bonchev–Trinajstić information content (AvgIpc) is 2.70. The molecule has 1 saturated heterocycles. The van der Waals surface area contributed by atoms with E-state index in [-0.39, 0.29) is 6.10 Å². The molecule has 1 fully saturated rings. The molecule has 0 unspecified atom stereocenters. The summed E-state index contributed by atoms with van der Waals surface area (Å²) >= 11 is 0. The van der Waals surface area contributed by atoms with E-state index in [0.29, 0.717) is 26.2 Å². The van der Waals surface area contributed by atoms with Crippen LogP contribution in [0.5, 0.6) is 0 Å². The third kappa shape index (κ3) is 4.91. The normalized spacial score (nSPS) is 23.4. The fraction of sp³-hybridized carbons (Fsp3) is 0.600. The van der Waals surface area contributed by atoms with Crippen molar-refractivity contribution >= 4 is 0 Å². The largest absolute Gasteiger partial charge is 0.391 e. The number of rotatable bonds is 6. The first kappa shape index (κ1) is 14.5. The molecule has 0 aliphatic carbocycles. The average molecular weight is 266 g/mol. The van der Waals surface area contributed by atoms with Gasteiger partial charge in [0.2, 0.25) is 0 Å². The summed E-state index contributed by atoms with van der Waals surface area (Å²) in [5, 5.41) is 9.90. The van der Waals surface area contributed by atoms with Gasteiger partial charge in [-0.05, 0) is 19.4 Å². The Balaban J connectivity index is 1.64. The summed E-state index contributed by atoms with van der Waals surface area (Å²) in [6, 6.07) is 9.92. The molecule has 0 radical (unpaired) electrons. The van der Waals surface area contributed by atoms with E-state index in [1.807, 2.05) is 44.2 Å². The number of benzene rings is 1. The quantitative estimate of drug-likeness (QED) is 0.856. The Morgan fingerprint density at radius 1 is 1.37 bits per heavy atom. The Morgan fingerprint density at radius 2 is 2.11 bits per heavy atom. The van der Waals surface area contributed by atoms with Crippen LogP contribution in [0.1, 0.15) is 25.8 Å². The molecule has 1 heterocycles. The van der Waals surface area contributed by atoms with Crippen LogP contribution in [0.3, 0.4) is 0 Å². The Hall–Kier alpha value is -0.940. The molecule has 1 aliphatic heterocycles. The molecule has 106 valence electrons. The minimum atomic E-state index is -0.532. The van der Waals surface area contributed by atoms with Crippen LogP contribution in [0.4, 0.5) is 0 Å². The number of aliphatic hydroxyl groups excluding tert-OH is 1. The van der Waals surface area contributed by atoms with Crippen molar-refractivity contribution in [1.29, 1.82) is 0 Å². The molecule has 1 aromatic rings. The van der Waals surface area contributed by atoms with Crippen LogP contribution in [0, 0.1) is 0 Å². The third-order valence-electron chi connectivity index (χ3n) is 3.02. The molecule has 0 bridgehead atoms. The molecule has 0 saturated carbocycles. The van der Waals surface area contributed by atoms with Crippen LogP contribution in [0.25, 0.3) is 0 Å². The van der Waals surface area contributed by atoms with Crippen molar-refractivity contribution in [3.05, 3.63) is 35.9 Å². The maximum atomic E-state index is 9.90. The van der Waals surface area contributed by atoms with E-state index in [0.717, 1.165) is 5.56 Å². The van der Waals surface area contributed by atoms with E-state index in [2.05, 4.69) is 0 Å². The van der Waals surface area contributed by atoms with E-state index in [4.69, 9.17) is 14.2 Å². The lowest BCUT2D eigenvalue weighted by atomic mass is 10.2. The highest BCUT2D eigenvalue weighted by molar-refractivity contribution is 5.13. The molecule has 1 aliphatic rings. The second-order valence-corrected chi connectivity index (χ2v) is 5.34. The van der Waals surface area contributed by atoms with Crippen LogP contribution in [0.2, 0.25) is 0 Å². The van der Waals surface area contributed by atoms with Gasteiger partial charge in [0, 0.05) is 6.42 Å². The van der Waals surface area contributed by atoms with Crippen LogP contribution in [-0.4, -0.2) is 36.3 Å². The highest BCUT2D eigenvalue weighted by atomic mass is 16.7. The van der Waals surface area contributed by atoms with Gasteiger partial charge < -0.3 is 19.3 Å². The van der Waals surface area contributed by atoms with Crippen molar-refractivity contribution < 1.29 is 19.3 Å². The highest BCUT2D eigenvalue weighted by Gasteiger charge is 2.33. The maximum Gasteiger partial charge on any atom is 0.163 e. The van der Waals surface area contributed by atoms with Crippen LogP contribution in [-0.2, 0) is 20.8 Å². The van der Waals surface area contributed by atoms with Gasteiger partial charge in [-0.15, -0.1) is 0 Å². The van der Waals surface area contributed by atoms with Gasteiger partial charge in [0.15, 0.2) is 5.79 Å². The Labute approximate surface area is 114 Å². The summed E-state index contributed by atoms with van der Waals surface area (Å²) in [6.07, 6.45) is -0.0327. The van der Waals surface area contributed by atoms with Crippen molar-refractivity contribution in [2.45, 2.75) is 44.9 Å². The molecular formula is C15H22O4. The van der Waals surface area contributed by atoms with Crippen molar-refractivity contribution in [2.75, 3.05) is 13.2 Å². The molecule has 2 rings (SSSR count). The van der Waals surface area contributed by atoms with Gasteiger partial charge in [0.25, 0.3) is 0 Å². The maximum absolute atomic E-state index is 9.90. The fourth-order valence-corrected chi connectivity index (χ4v) is 2.14. The van der Waals surface area contributed by atoms with Gasteiger partial charge in [0.05, 0.1) is 32.0 Å². The summed E-state index contributed by atoms with van der Waals surface area (Å²) in [4.78, 5) is 0.